The second-order valence-corrected chi connectivity index (χ2v) is 3.43. The fraction of sp³-hybridized carbons (Fsp3) is 0.438. The van der Waals surface area contributed by atoms with Crippen LogP contribution in [0.5, 0.6) is 5.75 Å². The molecule has 0 amide bonds. The van der Waals surface area contributed by atoms with E-state index in [1.165, 1.54) is 12.1 Å². The Labute approximate surface area is 120 Å². The van der Waals surface area contributed by atoms with Crippen LogP contribution in [-0.2, 0) is 4.74 Å². The standard InChI is InChI=1S/C12H12O4.2C2H6/c1-3-15-12(14)11-7(2)16-10-5-4-8(13)6-9(10)11;2*1-2/h4-6,13H,3H2,1-2H3;2*1-2H3. The van der Waals surface area contributed by atoms with Gasteiger partial charge < -0.3 is 14.3 Å². The molecule has 2 rings (SSSR count). The van der Waals surface area contributed by atoms with Gasteiger partial charge in [0.1, 0.15) is 22.7 Å². The van der Waals surface area contributed by atoms with E-state index >= 15 is 0 Å². The SMILES string of the molecule is CC.CC.CCOC(=O)c1c(C)oc2ccc(O)cc12. The zero-order valence-corrected chi connectivity index (χ0v) is 13.1. The summed E-state index contributed by atoms with van der Waals surface area (Å²) < 4.78 is 10.3. The van der Waals surface area contributed by atoms with Gasteiger partial charge in [-0.2, -0.15) is 0 Å². The van der Waals surface area contributed by atoms with Gasteiger partial charge in [-0.15, -0.1) is 0 Å². The Morgan fingerprint density at radius 2 is 1.85 bits per heavy atom. The van der Waals surface area contributed by atoms with Crippen LogP contribution in [0, 0.1) is 6.92 Å². The van der Waals surface area contributed by atoms with Crippen molar-refractivity contribution in [2.75, 3.05) is 6.61 Å². The third kappa shape index (κ3) is 4.02. The molecule has 0 radical (unpaired) electrons. The molecule has 0 bridgehead atoms. The van der Waals surface area contributed by atoms with Crippen molar-refractivity contribution < 1.29 is 19.1 Å². The minimum absolute atomic E-state index is 0.0962. The molecule has 1 N–H and O–H groups in total. The summed E-state index contributed by atoms with van der Waals surface area (Å²) in [6.45, 7) is 11.8. The van der Waals surface area contributed by atoms with Gasteiger partial charge in [-0.25, -0.2) is 4.79 Å². The summed E-state index contributed by atoms with van der Waals surface area (Å²) in [5.74, 6) is 0.169. The Morgan fingerprint density at radius 1 is 1.25 bits per heavy atom. The minimum Gasteiger partial charge on any atom is -0.508 e. The smallest absolute Gasteiger partial charge is 0.342 e. The second-order valence-electron chi connectivity index (χ2n) is 3.43. The molecule has 0 atom stereocenters. The average molecular weight is 280 g/mol. The Kier molecular flexibility index (Phi) is 8.13. The molecule has 2 aromatic rings. The number of aryl methyl sites for hydroxylation is 1. The van der Waals surface area contributed by atoms with E-state index in [1.807, 2.05) is 27.7 Å². The molecule has 0 saturated heterocycles. The highest BCUT2D eigenvalue weighted by molar-refractivity contribution is 6.04. The van der Waals surface area contributed by atoms with Crippen LogP contribution in [0.2, 0.25) is 0 Å². The maximum Gasteiger partial charge on any atom is 0.342 e. The van der Waals surface area contributed by atoms with Crippen LogP contribution in [0.4, 0.5) is 0 Å². The lowest BCUT2D eigenvalue weighted by molar-refractivity contribution is 0.0526. The largest absolute Gasteiger partial charge is 0.508 e. The van der Waals surface area contributed by atoms with Gasteiger partial charge in [0.25, 0.3) is 0 Å². The molecule has 1 heterocycles. The van der Waals surface area contributed by atoms with Crippen molar-refractivity contribution in [3.8, 4) is 5.75 Å². The summed E-state index contributed by atoms with van der Waals surface area (Å²) in [5.41, 5.74) is 0.950. The van der Waals surface area contributed by atoms with Gasteiger partial charge in [0.2, 0.25) is 0 Å². The number of benzene rings is 1. The molecule has 112 valence electrons. The van der Waals surface area contributed by atoms with Crippen LogP contribution in [0.1, 0.15) is 50.7 Å². The third-order valence-corrected chi connectivity index (χ3v) is 2.33. The van der Waals surface area contributed by atoms with Crippen molar-refractivity contribution in [2.45, 2.75) is 41.5 Å². The quantitative estimate of drug-likeness (QED) is 0.812. The predicted molar refractivity (Wildman–Crippen MR) is 81.3 cm³/mol. The first-order valence-electron chi connectivity index (χ1n) is 7.02. The Morgan fingerprint density at radius 3 is 2.40 bits per heavy atom. The van der Waals surface area contributed by atoms with Gasteiger partial charge in [0, 0.05) is 5.39 Å². The summed E-state index contributed by atoms with van der Waals surface area (Å²) in [4.78, 5) is 11.7. The monoisotopic (exact) mass is 280 g/mol. The van der Waals surface area contributed by atoms with Gasteiger partial charge in [-0.1, -0.05) is 27.7 Å². The van der Waals surface area contributed by atoms with Crippen molar-refractivity contribution >= 4 is 16.9 Å². The van der Waals surface area contributed by atoms with Gasteiger partial charge in [0.15, 0.2) is 0 Å². The number of hydrogen-bond donors (Lipinski definition) is 1. The predicted octanol–water partition coefficient (Wildman–Crippen LogP) is 4.68. The van der Waals surface area contributed by atoms with Crippen LogP contribution in [0.25, 0.3) is 11.0 Å². The number of phenolic OH excluding ortho intramolecular Hbond substituents is 1. The number of aromatic hydroxyl groups is 1. The van der Waals surface area contributed by atoms with E-state index in [0.717, 1.165) is 0 Å². The lowest BCUT2D eigenvalue weighted by atomic mass is 10.1. The van der Waals surface area contributed by atoms with E-state index in [0.29, 0.717) is 28.9 Å². The number of esters is 1. The zero-order chi connectivity index (χ0) is 15.7. The first-order chi connectivity index (χ1) is 9.63. The topological polar surface area (TPSA) is 59.7 Å². The summed E-state index contributed by atoms with van der Waals surface area (Å²) >= 11 is 0. The van der Waals surface area contributed by atoms with Gasteiger partial charge in [-0.05, 0) is 32.0 Å². The molecule has 0 aliphatic heterocycles. The van der Waals surface area contributed by atoms with Crippen molar-refractivity contribution in [2.24, 2.45) is 0 Å². The molecule has 0 saturated carbocycles. The van der Waals surface area contributed by atoms with Gasteiger partial charge in [-0.3, -0.25) is 0 Å². The highest BCUT2D eigenvalue weighted by Gasteiger charge is 2.19. The van der Waals surface area contributed by atoms with E-state index in [-0.39, 0.29) is 5.75 Å². The molecular weight excluding hydrogens is 256 g/mol. The van der Waals surface area contributed by atoms with E-state index in [4.69, 9.17) is 9.15 Å². The molecule has 0 fully saturated rings. The van der Waals surface area contributed by atoms with Crippen LogP contribution >= 0.6 is 0 Å². The molecule has 0 aliphatic rings. The fourth-order valence-corrected chi connectivity index (χ4v) is 1.66. The van der Waals surface area contributed by atoms with Crippen molar-refractivity contribution in [3.63, 3.8) is 0 Å². The molecule has 1 aromatic carbocycles. The lowest BCUT2D eigenvalue weighted by Gasteiger charge is -2.00. The van der Waals surface area contributed by atoms with Crippen molar-refractivity contribution in [1.82, 2.24) is 0 Å². The highest BCUT2D eigenvalue weighted by atomic mass is 16.5. The number of carbonyl (C=O) groups is 1. The molecule has 20 heavy (non-hydrogen) atoms. The van der Waals surface area contributed by atoms with Crippen molar-refractivity contribution in [3.05, 3.63) is 29.5 Å². The lowest BCUT2D eigenvalue weighted by Crippen LogP contribution is -2.05. The highest BCUT2D eigenvalue weighted by Crippen LogP contribution is 2.28. The number of ether oxygens (including phenoxy) is 1. The fourth-order valence-electron chi connectivity index (χ4n) is 1.66. The Hall–Kier alpha value is -1.97. The van der Waals surface area contributed by atoms with Crippen molar-refractivity contribution in [1.29, 1.82) is 0 Å². The number of phenols is 1. The summed E-state index contributed by atoms with van der Waals surface area (Å²) in [6.07, 6.45) is 0. The number of carbonyl (C=O) groups excluding carboxylic acids is 1. The second kappa shape index (κ2) is 9.02. The average Bonchev–Trinajstić information content (AvgIpc) is 2.79. The molecule has 4 heteroatoms. The van der Waals surface area contributed by atoms with Crippen LogP contribution in [0.3, 0.4) is 0 Å². The van der Waals surface area contributed by atoms with E-state index in [1.54, 1.807) is 19.9 Å². The van der Waals surface area contributed by atoms with Crippen LogP contribution in [-0.4, -0.2) is 17.7 Å². The van der Waals surface area contributed by atoms with E-state index in [9.17, 15) is 9.90 Å². The maximum absolute atomic E-state index is 11.7. The molecule has 1 aromatic heterocycles. The van der Waals surface area contributed by atoms with E-state index < -0.39 is 5.97 Å². The molecule has 4 nitrogen and oxygen atoms in total. The third-order valence-electron chi connectivity index (χ3n) is 2.33. The summed E-state index contributed by atoms with van der Waals surface area (Å²) in [7, 11) is 0. The van der Waals surface area contributed by atoms with Crippen LogP contribution < -0.4 is 0 Å². The van der Waals surface area contributed by atoms with E-state index in [2.05, 4.69) is 0 Å². The molecule has 0 unspecified atom stereocenters. The number of furan rings is 1. The normalized spacial score (nSPS) is 9.10. The number of rotatable bonds is 2. The molecule has 0 spiro atoms. The zero-order valence-electron chi connectivity index (χ0n) is 13.1. The molecular formula is C16H24O4. The van der Waals surface area contributed by atoms with Crippen LogP contribution in [0.15, 0.2) is 22.6 Å². The first-order valence-corrected chi connectivity index (χ1v) is 7.02. The Balaban J connectivity index is 0.000000829. The summed E-state index contributed by atoms with van der Waals surface area (Å²) in [5, 5.41) is 9.96. The molecule has 0 aliphatic carbocycles. The number of fused-ring (bicyclic) bond motifs is 1. The number of hydrogen-bond acceptors (Lipinski definition) is 4. The van der Waals surface area contributed by atoms with Gasteiger partial charge in [0.05, 0.1) is 6.61 Å². The Bertz CT molecular complexity index is 541. The minimum atomic E-state index is -0.427. The summed E-state index contributed by atoms with van der Waals surface area (Å²) in [6, 6.07) is 4.64. The van der Waals surface area contributed by atoms with Gasteiger partial charge >= 0.3 is 5.97 Å². The maximum atomic E-state index is 11.7. The first kappa shape index (κ1) is 18.0.